The molecule has 19 heavy (non-hydrogen) atoms. The summed E-state index contributed by atoms with van der Waals surface area (Å²) in [5.41, 5.74) is 10.4. The molecule has 9 heteroatoms. The predicted molar refractivity (Wildman–Crippen MR) is 77.4 cm³/mol. The summed E-state index contributed by atoms with van der Waals surface area (Å²) in [7, 11) is 0. The van der Waals surface area contributed by atoms with E-state index in [0.717, 1.165) is 0 Å². The Kier molecular flexibility index (Phi) is 11.5. The average Bonchev–Trinajstić information content (AvgIpc) is 2.13. The maximum Gasteiger partial charge on any atom is 0.321 e. The number of aliphatic carboxylic acids is 2. The summed E-state index contributed by atoms with van der Waals surface area (Å²) in [4.78, 5) is 20.3. The van der Waals surface area contributed by atoms with Crippen LogP contribution in [0.1, 0.15) is 27.7 Å². The van der Waals surface area contributed by atoms with E-state index in [1.54, 1.807) is 27.7 Å². The van der Waals surface area contributed by atoms with Gasteiger partial charge in [-0.3, -0.25) is 9.59 Å². The molecule has 0 aromatic rings. The monoisotopic (exact) mass is 361 g/mol. The van der Waals surface area contributed by atoms with Crippen LogP contribution in [0.25, 0.3) is 0 Å². The van der Waals surface area contributed by atoms with Gasteiger partial charge in [-0.15, -0.1) is 0 Å². The molecule has 0 amide bonds. The Morgan fingerprint density at radius 1 is 0.895 bits per heavy atom. The minimum absolute atomic E-state index is 0. The minimum atomic E-state index is -1.02. The second kappa shape index (κ2) is 9.10. The summed E-state index contributed by atoms with van der Waals surface area (Å²) in [5.74, 6) is -2.04. The molecule has 0 bridgehead atoms. The van der Waals surface area contributed by atoms with Crippen molar-refractivity contribution >= 4 is 37.2 Å². The Hall–Kier alpha value is 0.0795. The third-order valence-corrected chi connectivity index (χ3v) is 2.61. The average molecular weight is 362 g/mol. The summed E-state index contributed by atoms with van der Waals surface area (Å²) < 4.78 is -1.29. The number of hydrogen-bond acceptors (Lipinski definition) is 6. The van der Waals surface area contributed by atoms with Gasteiger partial charge >= 0.3 is 11.9 Å². The topological polar surface area (TPSA) is 127 Å². The zero-order valence-corrected chi connectivity index (χ0v) is 13.9. The Bertz CT molecular complexity index is 273. The van der Waals surface area contributed by atoms with Crippen LogP contribution in [-0.4, -0.2) is 43.7 Å². The molecule has 0 rings (SSSR count). The smallest absolute Gasteiger partial charge is 0.321 e. The molecule has 6 N–H and O–H groups in total. The molecule has 2 atom stereocenters. The third kappa shape index (κ3) is 11.6. The van der Waals surface area contributed by atoms with Gasteiger partial charge in [0.1, 0.15) is 12.1 Å². The number of carboxylic acids is 2. The van der Waals surface area contributed by atoms with Gasteiger partial charge in [0.25, 0.3) is 0 Å². The number of carboxylic acid groups (broad SMARTS) is 2. The van der Waals surface area contributed by atoms with Crippen LogP contribution in [0.3, 0.4) is 0 Å². The van der Waals surface area contributed by atoms with Crippen molar-refractivity contribution < 1.29 is 36.9 Å². The van der Waals surface area contributed by atoms with E-state index in [2.05, 4.69) is 25.3 Å². The molecule has 1 radical (unpaired) electrons. The van der Waals surface area contributed by atoms with Crippen molar-refractivity contribution in [1.82, 2.24) is 0 Å². The van der Waals surface area contributed by atoms with Crippen molar-refractivity contribution in [2.75, 3.05) is 0 Å². The zero-order valence-electron chi connectivity index (χ0n) is 11.2. The van der Waals surface area contributed by atoms with Crippen LogP contribution < -0.4 is 11.5 Å². The van der Waals surface area contributed by atoms with Gasteiger partial charge < -0.3 is 21.7 Å². The van der Waals surface area contributed by atoms with E-state index in [1.807, 2.05) is 0 Å². The molecule has 0 aliphatic heterocycles. The number of thiol groups is 2. The summed E-state index contributed by atoms with van der Waals surface area (Å²) in [5, 5.41) is 16.7. The van der Waals surface area contributed by atoms with Gasteiger partial charge in [-0.05, 0) is 27.7 Å². The van der Waals surface area contributed by atoms with Crippen LogP contribution in [0.15, 0.2) is 0 Å². The van der Waals surface area contributed by atoms with Crippen LogP contribution in [0.5, 0.6) is 0 Å². The maximum atomic E-state index is 10.2. The van der Waals surface area contributed by atoms with E-state index in [9.17, 15) is 9.59 Å². The molecule has 0 spiro atoms. The molecule has 0 aliphatic carbocycles. The van der Waals surface area contributed by atoms with Gasteiger partial charge in [0, 0.05) is 26.6 Å². The SMILES string of the molecule is CC(C)(S)[C@H](N)C(=O)O.CC(C)(S)[C@H](N)C(=O)O.[Cu]. The fourth-order valence-electron chi connectivity index (χ4n) is 0.604. The van der Waals surface area contributed by atoms with E-state index in [1.165, 1.54) is 0 Å². The van der Waals surface area contributed by atoms with Gasteiger partial charge in [-0.1, -0.05) is 0 Å². The molecule has 0 saturated carbocycles. The van der Waals surface area contributed by atoms with Crippen molar-refractivity contribution in [3.63, 3.8) is 0 Å². The Labute approximate surface area is 135 Å². The summed E-state index contributed by atoms with van der Waals surface area (Å²) in [6.45, 7) is 6.65. The first-order valence-corrected chi connectivity index (χ1v) is 6.02. The Morgan fingerprint density at radius 3 is 1.05 bits per heavy atom. The second-order valence-corrected chi connectivity index (χ2v) is 7.24. The predicted octanol–water partition coefficient (Wildman–Crippen LogP) is 0.211. The van der Waals surface area contributed by atoms with Gasteiger partial charge in [-0.2, -0.15) is 25.3 Å². The molecular formula is C10H22CuN2O4S2. The molecule has 0 fully saturated rings. The molecule has 0 aromatic carbocycles. The second-order valence-electron chi connectivity index (χ2n) is 4.94. The maximum absolute atomic E-state index is 10.2. The van der Waals surface area contributed by atoms with Gasteiger partial charge in [-0.25, -0.2) is 0 Å². The molecule has 0 heterocycles. The number of nitrogens with two attached hydrogens (primary N) is 2. The van der Waals surface area contributed by atoms with Crippen LogP contribution in [0.2, 0.25) is 0 Å². The first-order chi connectivity index (χ1) is 7.71. The normalized spacial score (nSPS) is 14.3. The van der Waals surface area contributed by atoms with Gasteiger partial charge in [0.15, 0.2) is 0 Å². The van der Waals surface area contributed by atoms with Crippen molar-refractivity contribution in [1.29, 1.82) is 0 Å². The van der Waals surface area contributed by atoms with Crippen LogP contribution >= 0.6 is 25.3 Å². The summed E-state index contributed by atoms with van der Waals surface area (Å²) in [6, 6.07) is -1.80. The van der Waals surface area contributed by atoms with Crippen molar-refractivity contribution in [2.24, 2.45) is 11.5 Å². The quantitative estimate of drug-likeness (QED) is 0.314. The van der Waals surface area contributed by atoms with E-state index >= 15 is 0 Å². The van der Waals surface area contributed by atoms with E-state index < -0.39 is 33.5 Å². The summed E-state index contributed by atoms with van der Waals surface area (Å²) >= 11 is 7.97. The van der Waals surface area contributed by atoms with E-state index in [0.29, 0.717) is 0 Å². The van der Waals surface area contributed by atoms with Crippen LogP contribution in [-0.2, 0) is 26.7 Å². The number of hydrogen-bond donors (Lipinski definition) is 6. The van der Waals surface area contributed by atoms with Crippen LogP contribution in [0.4, 0.5) is 0 Å². The first kappa shape index (κ1) is 24.1. The molecule has 0 aromatic heterocycles. The molecule has 6 nitrogen and oxygen atoms in total. The minimum Gasteiger partial charge on any atom is -0.480 e. The zero-order chi connectivity index (χ0) is 15.3. The molecule has 0 saturated heterocycles. The van der Waals surface area contributed by atoms with E-state index in [4.69, 9.17) is 21.7 Å². The fraction of sp³-hybridized carbons (Fsp3) is 0.800. The Balaban J connectivity index is -0.000000256. The molecule has 119 valence electrons. The van der Waals surface area contributed by atoms with Crippen LogP contribution in [0, 0.1) is 0 Å². The third-order valence-electron chi connectivity index (χ3n) is 2.05. The van der Waals surface area contributed by atoms with Crippen molar-refractivity contribution in [3.05, 3.63) is 0 Å². The first-order valence-electron chi connectivity index (χ1n) is 5.12. The van der Waals surface area contributed by atoms with Gasteiger partial charge in [0.2, 0.25) is 0 Å². The number of carbonyl (C=O) groups is 2. The molecule has 0 unspecified atom stereocenters. The summed E-state index contributed by atoms with van der Waals surface area (Å²) in [6.07, 6.45) is 0. The fourth-order valence-corrected chi connectivity index (χ4v) is 0.825. The standard InChI is InChI=1S/2C5H11NO2S.Cu/c2*1-5(2,9)3(6)4(7)8;/h2*3,9H,6H2,1-2H3,(H,7,8);/t2*3-;/m11./s1. The molecule has 0 aliphatic rings. The number of rotatable bonds is 4. The Morgan fingerprint density at radius 2 is 1.05 bits per heavy atom. The van der Waals surface area contributed by atoms with Crippen molar-refractivity contribution in [3.8, 4) is 0 Å². The van der Waals surface area contributed by atoms with Gasteiger partial charge in [0.05, 0.1) is 0 Å². The van der Waals surface area contributed by atoms with E-state index in [-0.39, 0.29) is 17.1 Å². The molecular weight excluding hydrogens is 340 g/mol. The van der Waals surface area contributed by atoms with Crippen molar-refractivity contribution in [2.45, 2.75) is 49.3 Å². The largest absolute Gasteiger partial charge is 0.480 e.